The molecule has 3 aromatic carbocycles. The van der Waals surface area contributed by atoms with Gasteiger partial charge in [-0.1, -0.05) is 30.3 Å². The number of aryl methyl sites for hydroxylation is 1. The van der Waals surface area contributed by atoms with Crippen molar-refractivity contribution in [1.29, 1.82) is 0 Å². The summed E-state index contributed by atoms with van der Waals surface area (Å²) in [6.45, 7) is 1.94. The number of phenols is 1. The largest absolute Gasteiger partial charge is 0.507 e. The number of aldehydes is 1. The van der Waals surface area contributed by atoms with E-state index in [0.29, 0.717) is 16.9 Å². The van der Waals surface area contributed by atoms with Gasteiger partial charge in [0, 0.05) is 11.1 Å². The van der Waals surface area contributed by atoms with Gasteiger partial charge in [-0.3, -0.25) is 4.79 Å². The van der Waals surface area contributed by atoms with Crippen molar-refractivity contribution in [2.24, 2.45) is 0 Å². The molecule has 3 nitrogen and oxygen atoms in total. The third kappa shape index (κ3) is 3.24. The van der Waals surface area contributed by atoms with Crippen LogP contribution < -0.4 is 4.74 Å². The van der Waals surface area contributed by atoms with Crippen LogP contribution in [0.4, 0.5) is 0 Å². The van der Waals surface area contributed by atoms with E-state index in [1.165, 1.54) is 0 Å². The molecule has 0 bridgehead atoms. The second kappa shape index (κ2) is 6.36. The summed E-state index contributed by atoms with van der Waals surface area (Å²) in [6, 6.07) is 19.9. The Hall–Kier alpha value is -3.07. The van der Waals surface area contributed by atoms with Gasteiger partial charge in [0.2, 0.25) is 0 Å². The van der Waals surface area contributed by atoms with E-state index >= 15 is 0 Å². The molecule has 0 heterocycles. The van der Waals surface area contributed by atoms with Gasteiger partial charge in [0.05, 0.1) is 0 Å². The highest BCUT2D eigenvalue weighted by atomic mass is 16.5. The zero-order valence-electron chi connectivity index (χ0n) is 12.7. The Balaban J connectivity index is 2.03. The highest BCUT2D eigenvalue weighted by molar-refractivity contribution is 5.82. The maximum absolute atomic E-state index is 11.0. The lowest BCUT2D eigenvalue weighted by Crippen LogP contribution is -1.90. The van der Waals surface area contributed by atoms with Gasteiger partial charge in [-0.2, -0.15) is 0 Å². The molecule has 0 fully saturated rings. The lowest BCUT2D eigenvalue weighted by Gasteiger charge is -2.12. The number of phenolic OH excluding ortho intramolecular Hbond substituents is 1. The number of rotatable bonds is 4. The molecule has 0 aliphatic carbocycles. The van der Waals surface area contributed by atoms with Gasteiger partial charge in [-0.15, -0.1) is 0 Å². The van der Waals surface area contributed by atoms with Gasteiger partial charge in [-0.05, 0) is 54.4 Å². The normalized spacial score (nSPS) is 10.3. The first-order valence-corrected chi connectivity index (χ1v) is 7.29. The first-order chi connectivity index (χ1) is 11.2. The standard InChI is InChI=1S/C20H16O3/c1-14-7-8-15(13-21)11-18(14)19-12-17(9-10-20(19)22)23-16-5-3-2-4-6-16/h2-13,22H,1H3. The number of ether oxygens (including phenoxy) is 1. The maximum Gasteiger partial charge on any atom is 0.150 e. The highest BCUT2D eigenvalue weighted by Crippen LogP contribution is 2.36. The molecular weight excluding hydrogens is 288 g/mol. The molecule has 0 saturated heterocycles. The molecule has 23 heavy (non-hydrogen) atoms. The molecule has 0 radical (unpaired) electrons. The zero-order chi connectivity index (χ0) is 16.2. The van der Waals surface area contributed by atoms with Crippen molar-refractivity contribution >= 4 is 6.29 Å². The van der Waals surface area contributed by atoms with Gasteiger partial charge < -0.3 is 9.84 Å². The first kappa shape index (κ1) is 14.9. The molecule has 3 aromatic rings. The molecule has 0 unspecified atom stereocenters. The maximum atomic E-state index is 11.0. The van der Waals surface area contributed by atoms with Crippen LogP contribution in [-0.4, -0.2) is 11.4 Å². The molecule has 114 valence electrons. The van der Waals surface area contributed by atoms with Crippen LogP contribution >= 0.6 is 0 Å². The number of hydrogen-bond donors (Lipinski definition) is 1. The third-order valence-corrected chi connectivity index (χ3v) is 3.63. The summed E-state index contributed by atoms with van der Waals surface area (Å²) in [7, 11) is 0. The summed E-state index contributed by atoms with van der Waals surface area (Å²) >= 11 is 0. The van der Waals surface area contributed by atoms with E-state index in [9.17, 15) is 9.90 Å². The Kier molecular flexibility index (Phi) is 4.11. The van der Waals surface area contributed by atoms with Crippen molar-refractivity contribution in [1.82, 2.24) is 0 Å². The van der Waals surface area contributed by atoms with Crippen molar-refractivity contribution in [2.75, 3.05) is 0 Å². The molecule has 0 spiro atoms. The van der Waals surface area contributed by atoms with E-state index in [4.69, 9.17) is 4.74 Å². The van der Waals surface area contributed by atoms with E-state index in [2.05, 4.69) is 0 Å². The van der Waals surface area contributed by atoms with Crippen molar-refractivity contribution in [2.45, 2.75) is 6.92 Å². The fourth-order valence-corrected chi connectivity index (χ4v) is 2.42. The summed E-state index contributed by atoms with van der Waals surface area (Å²) in [5.74, 6) is 1.50. The quantitative estimate of drug-likeness (QED) is 0.692. The molecule has 3 heteroatoms. The summed E-state index contributed by atoms with van der Waals surface area (Å²) < 4.78 is 5.81. The molecule has 0 amide bonds. The van der Waals surface area contributed by atoms with Crippen LogP contribution in [0.15, 0.2) is 66.7 Å². The highest BCUT2D eigenvalue weighted by Gasteiger charge is 2.10. The van der Waals surface area contributed by atoms with Crippen molar-refractivity contribution in [3.05, 3.63) is 77.9 Å². The Morgan fingerprint density at radius 3 is 2.39 bits per heavy atom. The number of benzene rings is 3. The lowest BCUT2D eigenvalue weighted by molar-refractivity contribution is 0.112. The van der Waals surface area contributed by atoms with Crippen LogP contribution in [0.5, 0.6) is 17.2 Å². The smallest absolute Gasteiger partial charge is 0.150 e. The van der Waals surface area contributed by atoms with Crippen molar-refractivity contribution < 1.29 is 14.6 Å². The van der Waals surface area contributed by atoms with E-state index in [-0.39, 0.29) is 5.75 Å². The minimum Gasteiger partial charge on any atom is -0.507 e. The van der Waals surface area contributed by atoms with Crippen LogP contribution in [0, 0.1) is 6.92 Å². The van der Waals surface area contributed by atoms with Gasteiger partial charge in [0.1, 0.15) is 23.5 Å². The van der Waals surface area contributed by atoms with Gasteiger partial charge >= 0.3 is 0 Å². The number of para-hydroxylation sites is 1. The van der Waals surface area contributed by atoms with Crippen LogP contribution in [0.25, 0.3) is 11.1 Å². The number of carbonyl (C=O) groups excluding carboxylic acids is 1. The lowest BCUT2D eigenvalue weighted by atomic mass is 9.97. The average molecular weight is 304 g/mol. The van der Waals surface area contributed by atoms with E-state index in [0.717, 1.165) is 23.2 Å². The van der Waals surface area contributed by atoms with E-state index < -0.39 is 0 Å². The third-order valence-electron chi connectivity index (χ3n) is 3.63. The van der Waals surface area contributed by atoms with Crippen molar-refractivity contribution in [3.8, 4) is 28.4 Å². The molecule has 3 rings (SSSR count). The summed E-state index contributed by atoms with van der Waals surface area (Å²) in [4.78, 5) is 11.0. The predicted molar refractivity (Wildman–Crippen MR) is 90.2 cm³/mol. The van der Waals surface area contributed by atoms with Gasteiger partial charge in [0.15, 0.2) is 0 Å². The molecule has 0 aromatic heterocycles. The fourth-order valence-electron chi connectivity index (χ4n) is 2.42. The Bertz CT molecular complexity index is 839. The molecule has 0 aliphatic rings. The van der Waals surface area contributed by atoms with Crippen LogP contribution in [-0.2, 0) is 0 Å². The molecular formula is C20H16O3. The predicted octanol–water partition coefficient (Wildman–Crippen LogP) is 4.97. The Morgan fingerprint density at radius 1 is 0.870 bits per heavy atom. The molecule has 1 N–H and O–H groups in total. The molecule has 0 aliphatic heterocycles. The van der Waals surface area contributed by atoms with Crippen LogP contribution in [0.2, 0.25) is 0 Å². The monoisotopic (exact) mass is 304 g/mol. The summed E-state index contributed by atoms with van der Waals surface area (Å²) in [6.07, 6.45) is 0.796. The first-order valence-electron chi connectivity index (χ1n) is 7.29. The second-order valence-corrected chi connectivity index (χ2v) is 5.29. The summed E-state index contributed by atoms with van der Waals surface area (Å²) in [5, 5.41) is 10.2. The Labute approximate surface area is 134 Å². The molecule has 0 atom stereocenters. The van der Waals surface area contributed by atoms with E-state index in [1.807, 2.05) is 43.3 Å². The topological polar surface area (TPSA) is 46.5 Å². The van der Waals surface area contributed by atoms with Crippen LogP contribution in [0.3, 0.4) is 0 Å². The summed E-state index contributed by atoms with van der Waals surface area (Å²) in [5.41, 5.74) is 2.99. The number of carbonyl (C=O) groups is 1. The van der Waals surface area contributed by atoms with Gasteiger partial charge in [0.25, 0.3) is 0 Å². The fraction of sp³-hybridized carbons (Fsp3) is 0.0500. The SMILES string of the molecule is Cc1ccc(C=O)cc1-c1cc(Oc2ccccc2)ccc1O. The number of hydrogen-bond acceptors (Lipinski definition) is 3. The number of aromatic hydroxyl groups is 1. The average Bonchev–Trinajstić information content (AvgIpc) is 2.58. The zero-order valence-corrected chi connectivity index (χ0v) is 12.7. The van der Waals surface area contributed by atoms with Crippen LogP contribution in [0.1, 0.15) is 15.9 Å². The van der Waals surface area contributed by atoms with E-state index in [1.54, 1.807) is 30.3 Å². The molecule has 0 saturated carbocycles. The van der Waals surface area contributed by atoms with Gasteiger partial charge in [-0.25, -0.2) is 0 Å². The minimum absolute atomic E-state index is 0.150. The minimum atomic E-state index is 0.150. The second-order valence-electron chi connectivity index (χ2n) is 5.29. The van der Waals surface area contributed by atoms with Crippen molar-refractivity contribution in [3.63, 3.8) is 0 Å². The Morgan fingerprint density at radius 2 is 1.65 bits per heavy atom.